The average Bonchev–Trinajstić information content (AvgIpc) is 3.15. The van der Waals surface area contributed by atoms with E-state index in [1.807, 2.05) is 0 Å². The smallest absolute Gasteiger partial charge is 0.310 e. The van der Waals surface area contributed by atoms with Crippen LogP contribution in [0.15, 0.2) is 45.7 Å². The molecule has 3 rings (SSSR count). The van der Waals surface area contributed by atoms with Crippen LogP contribution in [-0.2, 0) is 25.1 Å². The number of benzene rings is 1. The van der Waals surface area contributed by atoms with Gasteiger partial charge < -0.3 is 14.1 Å². The summed E-state index contributed by atoms with van der Waals surface area (Å²) in [6.07, 6.45) is 1.38. The van der Waals surface area contributed by atoms with Crippen molar-refractivity contribution in [1.29, 1.82) is 0 Å². The summed E-state index contributed by atoms with van der Waals surface area (Å²) in [6, 6.07) is 9.74. The zero-order chi connectivity index (χ0) is 21.0. The van der Waals surface area contributed by atoms with E-state index in [4.69, 9.17) is 9.15 Å². The summed E-state index contributed by atoms with van der Waals surface area (Å²) < 4.78 is 36.0. The molecule has 0 aliphatic carbocycles. The van der Waals surface area contributed by atoms with Crippen LogP contribution in [0.25, 0.3) is 0 Å². The third kappa shape index (κ3) is 4.87. The molecule has 1 aromatic heterocycles. The number of piperidine rings is 1. The largest absolute Gasteiger partial charge is 0.466 e. The van der Waals surface area contributed by atoms with E-state index >= 15 is 0 Å². The van der Waals surface area contributed by atoms with Gasteiger partial charge in [-0.25, -0.2) is 8.42 Å². The van der Waals surface area contributed by atoms with Crippen molar-refractivity contribution in [2.24, 2.45) is 5.92 Å². The Balaban J connectivity index is 1.70. The van der Waals surface area contributed by atoms with Gasteiger partial charge in [-0.15, -0.1) is 0 Å². The van der Waals surface area contributed by atoms with Gasteiger partial charge in [-0.1, -0.05) is 18.2 Å². The lowest BCUT2D eigenvalue weighted by atomic mass is 9.98. The van der Waals surface area contributed by atoms with E-state index in [1.165, 1.54) is 12.1 Å². The van der Waals surface area contributed by atoms with E-state index < -0.39 is 9.84 Å². The van der Waals surface area contributed by atoms with E-state index in [2.05, 4.69) is 0 Å². The molecule has 0 N–H and O–H groups in total. The Labute approximate surface area is 170 Å². The van der Waals surface area contributed by atoms with Gasteiger partial charge in [0, 0.05) is 13.1 Å². The van der Waals surface area contributed by atoms with Crippen molar-refractivity contribution < 1.29 is 27.2 Å². The van der Waals surface area contributed by atoms with Gasteiger partial charge in [0.25, 0.3) is 5.91 Å². The first-order chi connectivity index (χ1) is 13.8. The Morgan fingerprint density at radius 3 is 2.69 bits per heavy atom. The lowest BCUT2D eigenvalue weighted by Crippen LogP contribution is -2.42. The van der Waals surface area contributed by atoms with E-state index in [9.17, 15) is 18.0 Å². The number of aryl methyl sites for hydroxylation is 1. The average molecular weight is 419 g/mol. The third-order valence-corrected chi connectivity index (χ3v) is 6.75. The van der Waals surface area contributed by atoms with Crippen molar-refractivity contribution in [2.75, 3.05) is 19.7 Å². The number of carbonyl (C=O) groups excluding carboxylic acids is 2. The van der Waals surface area contributed by atoms with E-state index in [1.54, 1.807) is 43.0 Å². The van der Waals surface area contributed by atoms with Crippen LogP contribution in [0.5, 0.6) is 0 Å². The molecule has 2 aromatic rings. The summed E-state index contributed by atoms with van der Waals surface area (Å²) in [5.74, 6) is -1.03. The molecule has 1 aromatic carbocycles. The van der Waals surface area contributed by atoms with Crippen LogP contribution >= 0.6 is 0 Å². The molecular formula is C21H25NO6S. The number of ether oxygens (including phenoxy) is 1. The number of rotatable bonds is 6. The Bertz CT molecular complexity index is 994. The molecule has 1 fully saturated rings. The second-order valence-corrected chi connectivity index (χ2v) is 9.09. The molecule has 0 radical (unpaired) electrons. The Hall–Kier alpha value is -2.61. The Kier molecular flexibility index (Phi) is 6.42. The summed E-state index contributed by atoms with van der Waals surface area (Å²) in [7, 11) is -3.59. The number of esters is 1. The maximum absolute atomic E-state index is 12.8. The van der Waals surface area contributed by atoms with Gasteiger partial charge in [-0.2, -0.15) is 0 Å². The van der Waals surface area contributed by atoms with Gasteiger partial charge in [0.2, 0.25) is 0 Å². The standard InChI is InChI=1S/C21H25NO6S/c1-3-27-21(24)16-8-6-12-22(13-16)20(23)18-11-10-17(28-18)14-29(25,26)19-9-5-4-7-15(19)2/h4-5,7,9-11,16H,3,6,8,12-14H2,1-2H3/t16-/m1/s1. The van der Waals surface area contributed by atoms with Crippen molar-refractivity contribution in [3.05, 3.63) is 53.5 Å². The van der Waals surface area contributed by atoms with Gasteiger partial charge >= 0.3 is 5.97 Å². The molecule has 7 nitrogen and oxygen atoms in total. The number of hydrogen-bond donors (Lipinski definition) is 0. The van der Waals surface area contributed by atoms with Crippen LogP contribution in [0.3, 0.4) is 0 Å². The van der Waals surface area contributed by atoms with Crippen LogP contribution in [0, 0.1) is 12.8 Å². The van der Waals surface area contributed by atoms with Crippen molar-refractivity contribution >= 4 is 21.7 Å². The topological polar surface area (TPSA) is 93.9 Å². The first kappa shape index (κ1) is 21.1. The SMILES string of the molecule is CCOC(=O)[C@@H]1CCCN(C(=O)c2ccc(CS(=O)(=O)c3ccccc3C)o2)C1. The summed E-state index contributed by atoms with van der Waals surface area (Å²) >= 11 is 0. The molecule has 156 valence electrons. The molecule has 1 saturated heterocycles. The first-order valence-corrected chi connectivity index (χ1v) is 11.3. The molecule has 29 heavy (non-hydrogen) atoms. The quantitative estimate of drug-likeness (QED) is 0.668. The van der Waals surface area contributed by atoms with Crippen LogP contribution in [0.4, 0.5) is 0 Å². The number of carbonyl (C=O) groups is 2. The Morgan fingerprint density at radius 1 is 1.21 bits per heavy atom. The van der Waals surface area contributed by atoms with Gasteiger partial charge in [0.15, 0.2) is 15.6 Å². The predicted octanol–water partition coefficient (Wildman–Crippen LogP) is 2.98. The van der Waals surface area contributed by atoms with Gasteiger partial charge in [0.05, 0.1) is 17.4 Å². The predicted molar refractivity (Wildman–Crippen MR) is 106 cm³/mol. The highest BCUT2D eigenvalue weighted by atomic mass is 32.2. The van der Waals surface area contributed by atoms with Gasteiger partial charge in [-0.3, -0.25) is 9.59 Å². The van der Waals surface area contributed by atoms with Crippen LogP contribution in [0.2, 0.25) is 0 Å². The summed E-state index contributed by atoms with van der Waals surface area (Å²) in [6.45, 7) is 4.58. The number of likely N-dealkylation sites (tertiary alicyclic amines) is 1. The lowest BCUT2D eigenvalue weighted by molar-refractivity contribution is -0.149. The van der Waals surface area contributed by atoms with E-state index in [0.29, 0.717) is 31.6 Å². The highest BCUT2D eigenvalue weighted by Gasteiger charge is 2.31. The number of nitrogens with zero attached hydrogens (tertiary/aromatic N) is 1. The monoisotopic (exact) mass is 419 g/mol. The zero-order valence-corrected chi connectivity index (χ0v) is 17.4. The fourth-order valence-electron chi connectivity index (χ4n) is 3.51. The van der Waals surface area contributed by atoms with Crippen LogP contribution < -0.4 is 0 Å². The second kappa shape index (κ2) is 8.82. The molecular weight excluding hydrogens is 394 g/mol. The minimum Gasteiger partial charge on any atom is -0.466 e. The summed E-state index contributed by atoms with van der Waals surface area (Å²) in [5.41, 5.74) is 0.661. The van der Waals surface area contributed by atoms with Crippen molar-refractivity contribution in [3.63, 3.8) is 0 Å². The van der Waals surface area contributed by atoms with Crippen LogP contribution in [0.1, 0.15) is 41.6 Å². The summed E-state index contributed by atoms with van der Waals surface area (Å²) in [4.78, 5) is 26.5. The zero-order valence-electron chi connectivity index (χ0n) is 16.6. The third-order valence-electron chi connectivity index (χ3n) is 4.96. The molecule has 1 aliphatic rings. The molecule has 1 atom stereocenters. The molecule has 0 unspecified atom stereocenters. The number of sulfone groups is 1. The van der Waals surface area contributed by atoms with E-state index in [-0.39, 0.29) is 46.5 Å². The number of amides is 1. The van der Waals surface area contributed by atoms with Crippen molar-refractivity contribution in [1.82, 2.24) is 4.90 Å². The molecule has 1 amide bonds. The Morgan fingerprint density at radius 2 is 1.97 bits per heavy atom. The minimum absolute atomic E-state index is 0.0736. The van der Waals surface area contributed by atoms with E-state index in [0.717, 1.165) is 0 Å². The molecule has 0 spiro atoms. The number of hydrogen-bond acceptors (Lipinski definition) is 6. The first-order valence-electron chi connectivity index (χ1n) is 9.65. The number of furan rings is 1. The highest BCUT2D eigenvalue weighted by molar-refractivity contribution is 7.90. The maximum atomic E-state index is 12.8. The van der Waals surface area contributed by atoms with Gasteiger partial charge in [-0.05, 0) is 50.5 Å². The normalized spacial score (nSPS) is 17.2. The fraction of sp³-hybridized carbons (Fsp3) is 0.429. The van der Waals surface area contributed by atoms with Crippen molar-refractivity contribution in [3.8, 4) is 0 Å². The molecule has 1 aliphatic heterocycles. The molecule has 0 bridgehead atoms. The maximum Gasteiger partial charge on any atom is 0.310 e. The highest BCUT2D eigenvalue weighted by Crippen LogP contribution is 2.23. The van der Waals surface area contributed by atoms with Crippen molar-refractivity contribution in [2.45, 2.75) is 37.3 Å². The minimum atomic E-state index is -3.59. The molecule has 2 heterocycles. The lowest BCUT2D eigenvalue weighted by Gasteiger charge is -2.30. The molecule has 8 heteroatoms. The fourth-order valence-corrected chi connectivity index (χ4v) is 5.04. The molecule has 0 saturated carbocycles. The van der Waals surface area contributed by atoms with Gasteiger partial charge in [0.1, 0.15) is 11.5 Å². The summed E-state index contributed by atoms with van der Waals surface area (Å²) in [5, 5.41) is 0. The van der Waals surface area contributed by atoms with Crippen LogP contribution in [-0.4, -0.2) is 44.9 Å². The second-order valence-electron chi connectivity index (χ2n) is 7.13.